The van der Waals surface area contributed by atoms with E-state index in [0.29, 0.717) is 5.82 Å². The molecule has 0 aliphatic heterocycles. The molecule has 0 amide bonds. The fourth-order valence-corrected chi connectivity index (χ4v) is 3.33. The number of hydrogen-bond acceptors (Lipinski definition) is 4. The van der Waals surface area contributed by atoms with Gasteiger partial charge in [0.05, 0.1) is 11.9 Å². The van der Waals surface area contributed by atoms with E-state index in [1.807, 2.05) is 36.4 Å². The molecule has 1 N–H and O–H groups in total. The van der Waals surface area contributed by atoms with Crippen LogP contribution in [-0.4, -0.2) is 15.9 Å². The first-order valence-corrected chi connectivity index (χ1v) is 8.15. The molecule has 4 nitrogen and oxygen atoms in total. The van der Waals surface area contributed by atoms with Crippen LogP contribution in [0.2, 0.25) is 0 Å². The first-order chi connectivity index (χ1) is 12.4. The monoisotopic (exact) mass is 322 g/mol. The lowest BCUT2D eigenvalue weighted by Gasteiger charge is -2.06. The molecule has 1 aromatic heterocycles. The van der Waals surface area contributed by atoms with Crippen molar-refractivity contribution in [3.63, 3.8) is 0 Å². The van der Waals surface area contributed by atoms with Gasteiger partial charge >= 0.3 is 0 Å². The molecular weight excluding hydrogens is 308 g/mol. The molecule has 5 rings (SSSR count). The molecule has 0 saturated heterocycles. The van der Waals surface area contributed by atoms with E-state index in [0.717, 1.165) is 27.6 Å². The summed E-state index contributed by atoms with van der Waals surface area (Å²) in [6.07, 6.45) is 1.76. The summed E-state index contributed by atoms with van der Waals surface area (Å²) < 4.78 is 0. The highest BCUT2D eigenvalue weighted by atomic mass is 15.3. The Kier molecular flexibility index (Phi) is 3.07. The number of aromatic nitrogens is 2. The number of nitrogens with zero attached hydrogens (tertiary/aromatic N) is 3. The zero-order chi connectivity index (χ0) is 16.6. The molecule has 1 aliphatic carbocycles. The van der Waals surface area contributed by atoms with Crippen LogP contribution in [0.4, 0.5) is 5.82 Å². The van der Waals surface area contributed by atoms with Crippen LogP contribution in [0.3, 0.4) is 0 Å². The SMILES string of the molecule is c1ccc2c(c1)C(=NNc1nncc3ccccc13)c1ccccc1-2. The van der Waals surface area contributed by atoms with E-state index in [9.17, 15) is 0 Å². The smallest absolute Gasteiger partial charge is 0.176 e. The Labute approximate surface area is 144 Å². The van der Waals surface area contributed by atoms with Crippen LogP contribution < -0.4 is 5.43 Å². The highest BCUT2D eigenvalue weighted by Gasteiger charge is 2.24. The fourth-order valence-electron chi connectivity index (χ4n) is 3.33. The maximum absolute atomic E-state index is 4.69. The quantitative estimate of drug-likeness (QED) is 0.488. The molecule has 4 aromatic rings. The van der Waals surface area contributed by atoms with Gasteiger partial charge in [0.15, 0.2) is 5.82 Å². The van der Waals surface area contributed by atoms with Crippen molar-refractivity contribution in [2.45, 2.75) is 0 Å². The third-order valence-electron chi connectivity index (χ3n) is 4.50. The van der Waals surface area contributed by atoms with E-state index >= 15 is 0 Å². The first kappa shape index (κ1) is 13.9. The second-order valence-electron chi connectivity index (χ2n) is 5.94. The standard InChI is InChI=1S/C21H14N4/c1-2-8-15-14(7-1)13-22-24-21(15)25-23-20-18-11-5-3-9-16(18)17-10-4-6-12-19(17)20/h1-13H,(H,24,25). The van der Waals surface area contributed by atoms with Crippen LogP contribution >= 0.6 is 0 Å². The highest BCUT2D eigenvalue weighted by molar-refractivity contribution is 6.24. The number of anilines is 1. The van der Waals surface area contributed by atoms with Crippen molar-refractivity contribution < 1.29 is 0 Å². The lowest BCUT2D eigenvalue weighted by atomic mass is 10.1. The Morgan fingerprint density at radius 1 is 0.680 bits per heavy atom. The van der Waals surface area contributed by atoms with Crippen molar-refractivity contribution >= 4 is 22.3 Å². The van der Waals surface area contributed by atoms with Crippen molar-refractivity contribution in [1.82, 2.24) is 10.2 Å². The second kappa shape index (κ2) is 5.53. The molecular formula is C21H14N4. The Bertz CT molecular complexity index is 1080. The van der Waals surface area contributed by atoms with Gasteiger partial charge in [-0.2, -0.15) is 10.2 Å². The molecule has 4 heteroatoms. The average Bonchev–Trinajstić information content (AvgIpc) is 3.00. The molecule has 1 heterocycles. The molecule has 3 aromatic carbocycles. The summed E-state index contributed by atoms with van der Waals surface area (Å²) in [5.74, 6) is 0.660. The van der Waals surface area contributed by atoms with Crippen molar-refractivity contribution in [2.24, 2.45) is 5.10 Å². The Morgan fingerprint density at radius 2 is 1.28 bits per heavy atom. The number of nitrogens with one attached hydrogen (secondary N) is 1. The molecule has 0 spiro atoms. The summed E-state index contributed by atoms with van der Waals surface area (Å²) in [7, 11) is 0. The predicted molar refractivity (Wildman–Crippen MR) is 101 cm³/mol. The Morgan fingerprint density at radius 3 is 2.00 bits per heavy atom. The zero-order valence-electron chi connectivity index (χ0n) is 13.3. The topological polar surface area (TPSA) is 50.2 Å². The molecule has 1 aliphatic rings. The van der Waals surface area contributed by atoms with E-state index in [1.165, 1.54) is 11.1 Å². The highest BCUT2D eigenvalue weighted by Crippen LogP contribution is 2.36. The number of benzene rings is 3. The third kappa shape index (κ3) is 2.19. The van der Waals surface area contributed by atoms with E-state index in [-0.39, 0.29) is 0 Å². The number of fused-ring (bicyclic) bond motifs is 4. The van der Waals surface area contributed by atoms with Gasteiger partial charge in [-0.15, -0.1) is 5.10 Å². The molecule has 0 saturated carbocycles. The maximum atomic E-state index is 4.69. The molecule has 25 heavy (non-hydrogen) atoms. The van der Waals surface area contributed by atoms with Crippen LogP contribution in [0.5, 0.6) is 0 Å². The number of hydrogen-bond donors (Lipinski definition) is 1. The van der Waals surface area contributed by atoms with Gasteiger partial charge < -0.3 is 0 Å². The van der Waals surface area contributed by atoms with E-state index in [4.69, 9.17) is 5.10 Å². The van der Waals surface area contributed by atoms with Gasteiger partial charge in [-0.05, 0) is 11.1 Å². The van der Waals surface area contributed by atoms with Crippen LogP contribution in [0.25, 0.3) is 21.9 Å². The van der Waals surface area contributed by atoms with E-state index in [1.54, 1.807) is 6.20 Å². The van der Waals surface area contributed by atoms with Gasteiger partial charge in [0.2, 0.25) is 0 Å². The molecule has 0 fully saturated rings. The molecule has 118 valence electrons. The number of rotatable bonds is 2. The van der Waals surface area contributed by atoms with Crippen LogP contribution in [-0.2, 0) is 0 Å². The van der Waals surface area contributed by atoms with Crippen LogP contribution in [0, 0.1) is 0 Å². The molecule has 0 unspecified atom stereocenters. The third-order valence-corrected chi connectivity index (χ3v) is 4.50. The lowest BCUT2D eigenvalue weighted by Crippen LogP contribution is -2.04. The molecule has 0 radical (unpaired) electrons. The second-order valence-corrected chi connectivity index (χ2v) is 5.94. The minimum atomic E-state index is 0.660. The van der Waals surface area contributed by atoms with Crippen molar-refractivity contribution in [3.05, 3.63) is 90.1 Å². The Balaban J connectivity index is 1.63. The van der Waals surface area contributed by atoms with E-state index in [2.05, 4.69) is 52.0 Å². The summed E-state index contributed by atoms with van der Waals surface area (Å²) in [6.45, 7) is 0. The van der Waals surface area contributed by atoms with Gasteiger partial charge in [-0.25, -0.2) is 0 Å². The summed E-state index contributed by atoms with van der Waals surface area (Å²) in [5.41, 5.74) is 8.74. The zero-order valence-corrected chi connectivity index (χ0v) is 13.3. The first-order valence-electron chi connectivity index (χ1n) is 8.15. The van der Waals surface area contributed by atoms with Gasteiger partial charge in [-0.1, -0.05) is 72.8 Å². The normalized spacial score (nSPS) is 11.9. The Hall–Kier alpha value is -3.53. The van der Waals surface area contributed by atoms with Crippen LogP contribution in [0.15, 0.2) is 84.1 Å². The van der Waals surface area contributed by atoms with Gasteiger partial charge in [0, 0.05) is 21.9 Å². The fraction of sp³-hybridized carbons (Fsp3) is 0. The summed E-state index contributed by atoms with van der Waals surface area (Å²) in [6, 6.07) is 24.7. The maximum Gasteiger partial charge on any atom is 0.176 e. The van der Waals surface area contributed by atoms with Crippen molar-refractivity contribution in [1.29, 1.82) is 0 Å². The van der Waals surface area contributed by atoms with Crippen LogP contribution in [0.1, 0.15) is 11.1 Å². The van der Waals surface area contributed by atoms with Gasteiger partial charge in [0.25, 0.3) is 0 Å². The predicted octanol–water partition coefficient (Wildman–Crippen LogP) is 4.47. The van der Waals surface area contributed by atoms with E-state index < -0.39 is 0 Å². The van der Waals surface area contributed by atoms with Gasteiger partial charge in [-0.3, -0.25) is 5.43 Å². The largest absolute Gasteiger partial charge is 0.259 e. The number of hydrazone groups is 1. The summed E-state index contributed by atoms with van der Waals surface area (Å²) in [5, 5.41) is 15.0. The minimum absolute atomic E-state index is 0.660. The lowest BCUT2D eigenvalue weighted by molar-refractivity contribution is 1.04. The molecule has 0 bridgehead atoms. The minimum Gasteiger partial charge on any atom is -0.259 e. The average molecular weight is 322 g/mol. The van der Waals surface area contributed by atoms with Crippen molar-refractivity contribution in [2.75, 3.05) is 5.43 Å². The van der Waals surface area contributed by atoms with Gasteiger partial charge in [0.1, 0.15) is 0 Å². The summed E-state index contributed by atoms with van der Waals surface area (Å²) >= 11 is 0. The van der Waals surface area contributed by atoms with Crippen molar-refractivity contribution in [3.8, 4) is 11.1 Å². The summed E-state index contributed by atoms with van der Waals surface area (Å²) in [4.78, 5) is 0. The molecule has 0 atom stereocenters.